The summed E-state index contributed by atoms with van der Waals surface area (Å²) in [5, 5.41) is 11.5. The maximum Gasteiger partial charge on any atom is 0.227 e. The molecule has 8 nitrogen and oxygen atoms in total. The second-order valence-corrected chi connectivity index (χ2v) is 6.02. The fourth-order valence-electron chi connectivity index (χ4n) is 2.83. The van der Waals surface area contributed by atoms with Crippen LogP contribution in [-0.4, -0.2) is 53.6 Å². The highest BCUT2D eigenvalue weighted by atomic mass is 16.5. The minimum absolute atomic E-state index is 0.620. The number of benzene rings is 1. The molecule has 138 valence electrons. The van der Waals surface area contributed by atoms with Crippen LogP contribution in [0.15, 0.2) is 48.8 Å². The van der Waals surface area contributed by atoms with Crippen molar-refractivity contribution < 1.29 is 9.47 Å². The summed E-state index contributed by atoms with van der Waals surface area (Å²) in [6.45, 7) is 2.96. The molecule has 1 aliphatic heterocycles. The Hall–Kier alpha value is -3.26. The lowest BCUT2D eigenvalue weighted by molar-refractivity contribution is 0.122. The van der Waals surface area contributed by atoms with Crippen molar-refractivity contribution in [3.8, 4) is 16.9 Å². The Labute approximate surface area is 157 Å². The van der Waals surface area contributed by atoms with Gasteiger partial charge in [-0.05, 0) is 29.8 Å². The predicted molar refractivity (Wildman–Crippen MR) is 102 cm³/mol. The first-order chi connectivity index (χ1) is 13.3. The summed E-state index contributed by atoms with van der Waals surface area (Å²) in [7, 11) is 1.65. The molecule has 0 radical (unpaired) electrons. The third kappa shape index (κ3) is 4.12. The molecule has 1 aliphatic rings. The van der Waals surface area contributed by atoms with Crippen molar-refractivity contribution >= 4 is 17.6 Å². The second-order valence-electron chi connectivity index (χ2n) is 6.02. The largest absolute Gasteiger partial charge is 0.497 e. The Balaban J connectivity index is 1.52. The van der Waals surface area contributed by atoms with Gasteiger partial charge in [0, 0.05) is 24.8 Å². The van der Waals surface area contributed by atoms with Crippen LogP contribution < -0.4 is 15.0 Å². The number of aromatic nitrogens is 4. The molecular formula is C19H20N6O2. The van der Waals surface area contributed by atoms with Crippen molar-refractivity contribution in [1.29, 1.82) is 0 Å². The molecule has 0 bridgehead atoms. The number of nitrogens with one attached hydrogen (secondary N) is 1. The van der Waals surface area contributed by atoms with E-state index in [2.05, 4.69) is 30.4 Å². The van der Waals surface area contributed by atoms with Crippen molar-refractivity contribution in [2.75, 3.05) is 43.6 Å². The van der Waals surface area contributed by atoms with Crippen LogP contribution in [0.1, 0.15) is 0 Å². The van der Waals surface area contributed by atoms with E-state index in [9.17, 15) is 0 Å². The van der Waals surface area contributed by atoms with Crippen molar-refractivity contribution in [3.05, 3.63) is 48.8 Å². The summed E-state index contributed by atoms with van der Waals surface area (Å²) >= 11 is 0. The van der Waals surface area contributed by atoms with Crippen molar-refractivity contribution in [3.63, 3.8) is 0 Å². The highest BCUT2D eigenvalue weighted by molar-refractivity contribution is 5.67. The number of morpholine rings is 1. The summed E-state index contributed by atoms with van der Waals surface area (Å²) in [5.41, 5.74) is 1.99. The van der Waals surface area contributed by atoms with E-state index in [-0.39, 0.29) is 0 Å². The fraction of sp³-hybridized carbons (Fsp3) is 0.263. The van der Waals surface area contributed by atoms with Gasteiger partial charge in [0.1, 0.15) is 11.6 Å². The minimum Gasteiger partial charge on any atom is -0.497 e. The third-order valence-corrected chi connectivity index (χ3v) is 4.27. The van der Waals surface area contributed by atoms with E-state index in [0.29, 0.717) is 30.8 Å². The van der Waals surface area contributed by atoms with Crippen LogP contribution in [0.4, 0.5) is 17.6 Å². The van der Waals surface area contributed by atoms with E-state index in [1.165, 1.54) is 0 Å². The summed E-state index contributed by atoms with van der Waals surface area (Å²) in [6, 6.07) is 11.6. The Bertz CT molecular complexity index is 897. The van der Waals surface area contributed by atoms with Gasteiger partial charge in [-0.3, -0.25) is 0 Å². The Morgan fingerprint density at radius 1 is 1.04 bits per heavy atom. The van der Waals surface area contributed by atoms with Crippen molar-refractivity contribution in [2.45, 2.75) is 0 Å². The quantitative estimate of drug-likeness (QED) is 0.739. The fourth-order valence-corrected chi connectivity index (χ4v) is 2.83. The number of hydrogen-bond acceptors (Lipinski definition) is 8. The molecule has 0 atom stereocenters. The number of ether oxygens (including phenoxy) is 2. The van der Waals surface area contributed by atoms with E-state index < -0.39 is 0 Å². The lowest BCUT2D eigenvalue weighted by atomic mass is 10.1. The third-order valence-electron chi connectivity index (χ3n) is 4.27. The van der Waals surface area contributed by atoms with Gasteiger partial charge >= 0.3 is 0 Å². The molecule has 0 saturated carbocycles. The van der Waals surface area contributed by atoms with Gasteiger partial charge < -0.3 is 19.7 Å². The topological polar surface area (TPSA) is 85.3 Å². The summed E-state index contributed by atoms with van der Waals surface area (Å²) < 4.78 is 10.6. The Morgan fingerprint density at radius 2 is 1.85 bits per heavy atom. The van der Waals surface area contributed by atoms with Crippen molar-refractivity contribution in [1.82, 2.24) is 20.2 Å². The molecule has 0 aliphatic carbocycles. The molecule has 2 aromatic heterocycles. The highest BCUT2D eigenvalue weighted by Crippen LogP contribution is 2.24. The number of rotatable bonds is 5. The normalized spacial score (nSPS) is 14.0. The van der Waals surface area contributed by atoms with Crippen LogP contribution in [0.25, 0.3) is 11.1 Å². The van der Waals surface area contributed by atoms with E-state index in [4.69, 9.17) is 9.47 Å². The Morgan fingerprint density at radius 3 is 2.63 bits per heavy atom. The van der Waals surface area contributed by atoms with E-state index in [1.807, 2.05) is 36.4 Å². The second kappa shape index (κ2) is 7.96. The summed E-state index contributed by atoms with van der Waals surface area (Å²) in [6.07, 6.45) is 3.47. The first-order valence-corrected chi connectivity index (χ1v) is 8.72. The van der Waals surface area contributed by atoms with E-state index in [0.717, 1.165) is 30.0 Å². The van der Waals surface area contributed by atoms with Gasteiger partial charge in [-0.1, -0.05) is 12.1 Å². The zero-order valence-corrected chi connectivity index (χ0v) is 15.0. The van der Waals surface area contributed by atoms with Gasteiger partial charge in [-0.2, -0.15) is 10.1 Å². The maximum atomic E-state index is 5.38. The first-order valence-electron chi connectivity index (χ1n) is 8.72. The molecule has 4 rings (SSSR count). The molecule has 0 spiro atoms. The number of methoxy groups -OCH3 is 1. The molecule has 8 heteroatoms. The number of hydrogen-bond donors (Lipinski definition) is 1. The van der Waals surface area contributed by atoms with Crippen LogP contribution in [-0.2, 0) is 4.74 Å². The van der Waals surface area contributed by atoms with Gasteiger partial charge in [-0.25, -0.2) is 4.98 Å². The van der Waals surface area contributed by atoms with Gasteiger partial charge in [0.05, 0.1) is 26.5 Å². The molecule has 1 aromatic carbocycles. The number of anilines is 3. The molecule has 0 unspecified atom stereocenters. The van der Waals surface area contributed by atoms with Gasteiger partial charge in [0.2, 0.25) is 5.95 Å². The molecule has 0 amide bonds. The standard InChI is InChI=1S/C19H20N6O2/c1-26-16-4-2-14(3-5-16)15-12-18(24-21-13-15)22-17-6-7-20-19(23-17)25-8-10-27-11-9-25/h2-7,12-13H,8-11H2,1H3,(H,20,22,23,24). The van der Waals surface area contributed by atoms with Crippen molar-refractivity contribution in [2.24, 2.45) is 0 Å². The smallest absolute Gasteiger partial charge is 0.227 e. The molecule has 3 heterocycles. The average Bonchev–Trinajstić information content (AvgIpc) is 2.75. The van der Waals surface area contributed by atoms with Crippen LogP contribution in [0.2, 0.25) is 0 Å². The molecule has 1 fully saturated rings. The van der Waals surface area contributed by atoms with Crippen LogP contribution >= 0.6 is 0 Å². The summed E-state index contributed by atoms with van der Waals surface area (Å²) in [5.74, 6) is 2.79. The number of nitrogens with zero attached hydrogens (tertiary/aromatic N) is 5. The molecule has 1 N–H and O–H groups in total. The molecular weight excluding hydrogens is 344 g/mol. The molecule has 3 aromatic rings. The van der Waals surface area contributed by atoms with Crippen LogP contribution in [0.5, 0.6) is 5.75 Å². The maximum absolute atomic E-state index is 5.38. The first kappa shape index (κ1) is 17.2. The van der Waals surface area contributed by atoms with Crippen LogP contribution in [0, 0.1) is 0 Å². The SMILES string of the molecule is COc1ccc(-c2cnnc(Nc3ccnc(N4CCOCC4)n3)c2)cc1. The minimum atomic E-state index is 0.620. The zero-order valence-electron chi connectivity index (χ0n) is 15.0. The molecule has 27 heavy (non-hydrogen) atoms. The predicted octanol–water partition coefficient (Wildman–Crippen LogP) is 2.52. The Kier molecular flexibility index (Phi) is 5.06. The summed E-state index contributed by atoms with van der Waals surface area (Å²) in [4.78, 5) is 11.0. The zero-order chi connectivity index (χ0) is 18.5. The van der Waals surface area contributed by atoms with Gasteiger partial charge in [-0.15, -0.1) is 5.10 Å². The lowest BCUT2D eigenvalue weighted by Crippen LogP contribution is -2.37. The lowest BCUT2D eigenvalue weighted by Gasteiger charge is -2.26. The highest BCUT2D eigenvalue weighted by Gasteiger charge is 2.14. The van der Waals surface area contributed by atoms with Gasteiger partial charge in [0.25, 0.3) is 0 Å². The van der Waals surface area contributed by atoms with Gasteiger partial charge in [0.15, 0.2) is 5.82 Å². The van der Waals surface area contributed by atoms with Crippen LogP contribution in [0.3, 0.4) is 0 Å². The monoisotopic (exact) mass is 364 g/mol. The average molecular weight is 364 g/mol. The molecule has 1 saturated heterocycles. The van der Waals surface area contributed by atoms with E-state index >= 15 is 0 Å². The van der Waals surface area contributed by atoms with E-state index in [1.54, 1.807) is 19.5 Å².